The molecule has 1 aromatic heterocycles. The van der Waals surface area contributed by atoms with Gasteiger partial charge in [0, 0.05) is 10.4 Å². The molecule has 0 bridgehead atoms. The van der Waals surface area contributed by atoms with Crippen molar-refractivity contribution < 1.29 is 14.6 Å². The van der Waals surface area contributed by atoms with Crippen LogP contribution in [0.5, 0.6) is 5.75 Å². The van der Waals surface area contributed by atoms with E-state index in [4.69, 9.17) is 4.74 Å². The van der Waals surface area contributed by atoms with Crippen molar-refractivity contribution in [1.82, 2.24) is 4.98 Å². The maximum absolute atomic E-state index is 11.2. The van der Waals surface area contributed by atoms with E-state index >= 15 is 0 Å². The van der Waals surface area contributed by atoms with Crippen LogP contribution < -0.4 is 10.1 Å². The zero-order valence-corrected chi connectivity index (χ0v) is 14.5. The van der Waals surface area contributed by atoms with E-state index in [0.29, 0.717) is 17.4 Å². The van der Waals surface area contributed by atoms with Gasteiger partial charge in [0.15, 0.2) is 5.13 Å². The topological polar surface area (TPSA) is 71.5 Å². The summed E-state index contributed by atoms with van der Waals surface area (Å²) in [6.45, 7) is 2.49. The van der Waals surface area contributed by atoms with Crippen LogP contribution in [-0.2, 0) is 11.2 Å². The average Bonchev–Trinajstić information content (AvgIpc) is 2.99. The van der Waals surface area contributed by atoms with Gasteiger partial charge in [-0.25, -0.2) is 4.98 Å². The van der Waals surface area contributed by atoms with Crippen molar-refractivity contribution in [1.29, 1.82) is 0 Å². The highest BCUT2D eigenvalue weighted by atomic mass is 32.1. The van der Waals surface area contributed by atoms with Crippen LogP contribution in [0.15, 0.2) is 54.6 Å². The van der Waals surface area contributed by atoms with E-state index in [1.165, 1.54) is 11.3 Å². The van der Waals surface area contributed by atoms with E-state index < -0.39 is 5.97 Å². The Morgan fingerprint density at radius 1 is 1.16 bits per heavy atom. The molecule has 6 heteroatoms. The molecule has 25 heavy (non-hydrogen) atoms. The van der Waals surface area contributed by atoms with Gasteiger partial charge in [0.1, 0.15) is 5.75 Å². The van der Waals surface area contributed by atoms with E-state index in [9.17, 15) is 9.90 Å². The third-order valence-corrected chi connectivity index (χ3v) is 4.46. The predicted molar refractivity (Wildman–Crippen MR) is 99.8 cm³/mol. The normalized spacial score (nSPS) is 10.4. The van der Waals surface area contributed by atoms with Gasteiger partial charge < -0.3 is 15.2 Å². The number of hydrogen-bond acceptors (Lipinski definition) is 5. The highest BCUT2D eigenvalue weighted by molar-refractivity contribution is 7.16. The highest BCUT2D eigenvalue weighted by Gasteiger charge is 2.16. The van der Waals surface area contributed by atoms with Crippen molar-refractivity contribution in [3.8, 4) is 17.0 Å². The largest absolute Gasteiger partial charge is 0.492 e. The second-order valence-corrected chi connectivity index (χ2v) is 6.37. The minimum absolute atomic E-state index is 0.0588. The van der Waals surface area contributed by atoms with Gasteiger partial charge in [-0.15, -0.1) is 11.3 Å². The van der Waals surface area contributed by atoms with Crippen molar-refractivity contribution in [2.24, 2.45) is 0 Å². The number of benzene rings is 2. The first-order chi connectivity index (χ1) is 12.2. The summed E-state index contributed by atoms with van der Waals surface area (Å²) in [7, 11) is 0. The second-order valence-electron chi connectivity index (χ2n) is 5.28. The minimum atomic E-state index is -0.873. The fourth-order valence-electron chi connectivity index (χ4n) is 2.45. The molecule has 2 aromatic carbocycles. The maximum atomic E-state index is 11.2. The van der Waals surface area contributed by atoms with Crippen LogP contribution in [0.25, 0.3) is 11.3 Å². The molecule has 0 aliphatic rings. The SMILES string of the molecule is CCOc1ccccc1Nc1nc(-c2ccccc2)c(CC(=O)O)s1. The van der Waals surface area contributed by atoms with E-state index in [0.717, 1.165) is 21.9 Å². The highest BCUT2D eigenvalue weighted by Crippen LogP contribution is 2.35. The molecule has 0 saturated heterocycles. The summed E-state index contributed by atoms with van der Waals surface area (Å²) in [6, 6.07) is 17.2. The molecule has 3 rings (SSSR count). The lowest BCUT2D eigenvalue weighted by Gasteiger charge is -2.09. The summed E-state index contributed by atoms with van der Waals surface area (Å²) in [5, 5.41) is 13.1. The number of aromatic nitrogens is 1. The third kappa shape index (κ3) is 4.16. The quantitative estimate of drug-likeness (QED) is 0.650. The Labute approximate surface area is 149 Å². The molecule has 0 radical (unpaired) electrons. The summed E-state index contributed by atoms with van der Waals surface area (Å²) in [4.78, 5) is 16.5. The number of hydrogen-bond donors (Lipinski definition) is 2. The number of thiazole rings is 1. The van der Waals surface area contributed by atoms with Crippen molar-refractivity contribution >= 4 is 28.1 Å². The Morgan fingerprint density at radius 2 is 1.88 bits per heavy atom. The molecule has 2 N–H and O–H groups in total. The van der Waals surface area contributed by atoms with Gasteiger partial charge in [0.25, 0.3) is 0 Å². The minimum Gasteiger partial charge on any atom is -0.492 e. The number of carboxylic acid groups (broad SMARTS) is 1. The van der Waals surface area contributed by atoms with E-state index in [-0.39, 0.29) is 6.42 Å². The van der Waals surface area contributed by atoms with Gasteiger partial charge >= 0.3 is 5.97 Å². The molecule has 0 atom stereocenters. The van der Waals surface area contributed by atoms with Gasteiger partial charge in [-0.3, -0.25) is 4.79 Å². The van der Waals surface area contributed by atoms with Crippen LogP contribution in [-0.4, -0.2) is 22.7 Å². The Balaban J connectivity index is 1.95. The van der Waals surface area contributed by atoms with E-state index in [2.05, 4.69) is 10.3 Å². The van der Waals surface area contributed by atoms with Crippen LogP contribution >= 0.6 is 11.3 Å². The fourth-order valence-corrected chi connectivity index (χ4v) is 3.44. The molecule has 0 unspecified atom stereocenters. The van der Waals surface area contributed by atoms with Crippen LogP contribution in [0.3, 0.4) is 0 Å². The number of ether oxygens (including phenoxy) is 1. The molecule has 5 nitrogen and oxygen atoms in total. The number of nitrogens with zero attached hydrogens (tertiary/aromatic N) is 1. The number of nitrogens with one attached hydrogen (secondary N) is 1. The number of para-hydroxylation sites is 2. The molecule has 0 spiro atoms. The van der Waals surface area contributed by atoms with Gasteiger partial charge in [-0.2, -0.15) is 0 Å². The number of carbonyl (C=O) groups is 1. The first kappa shape index (κ1) is 17.0. The van der Waals surface area contributed by atoms with Gasteiger partial charge in [0.2, 0.25) is 0 Å². The predicted octanol–water partition coefficient (Wildman–Crippen LogP) is 4.58. The monoisotopic (exact) mass is 354 g/mol. The van der Waals surface area contributed by atoms with Crippen molar-refractivity contribution in [3.63, 3.8) is 0 Å². The molecule has 128 valence electrons. The Kier molecular flexibility index (Phi) is 5.30. The average molecular weight is 354 g/mol. The Hall–Kier alpha value is -2.86. The van der Waals surface area contributed by atoms with Crippen molar-refractivity contribution in [3.05, 3.63) is 59.5 Å². The third-order valence-electron chi connectivity index (χ3n) is 3.48. The summed E-state index contributed by atoms with van der Waals surface area (Å²) in [5.41, 5.74) is 2.41. The van der Waals surface area contributed by atoms with Gasteiger partial charge in [-0.05, 0) is 19.1 Å². The number of carboxylic acids is 1. The Bertz CT molecular complexity index is 862. The van der Waals surface area contributed by atoms with Crippen molar-refractivity contribution in [2.45, 2.75) is 13.3 Å². The molecule has 0 saturated carbocycles. The first-order valence-electron chi connectivity index (χ1n) is 7.93. The first-order valence-corrected chi connectivity index (χ1v) is 8.74. The van der Waals surface area contributed by atoms with Gasteiger partial charge in [-0.1, -0.05) is 42.5 Å². The standard InChI is InChI=1S/C19H18N2O3S/c1-2-24-15-11-7-6-10-14(15)20-19-21-18(13-8-4-3-5-9-13)16(25-19)12-17(22)23/h3-11H,2,12H2,1H3,(H,20,21)(H,22,23). The smallest absolute Gasteiger partial charge is 0.308 e. The van der Waals surface area contributed by atoms with Crippen LogP contribution in [0.1, 0.15) is 11.8 Å². The van der Waals surface area contributed by atoms with Crippen molar-refractivity contribution in [2.75, 3.05) is 11.9 Å². The molecule has 0 aliphatic carbocycles. The second kappa shape index (κ2) is 7.81. The van der Waals surface area contributed by atoms with E-state index in [1.807, 2.05) is 61.5 Å². The molecule has 0 fully saturated rings. The number of rotatable bonds is 7. The summed E-state index contributed by atoms with van der Waals surface area (Å²) in [5.74, 6) is -0.136. The zero-order chi connectivity index (χ0) is 17.6. The Morgan fingerprint density at radius 3 is 2.60 bits per heavy atom. The molecule has 0 aliphatic heterocycles. The zero-order valence-electron chi connectivity index (χ0n) is 13.7. The summed E-state index contributed by atoms with van der Waals surface area (Å²) >= 11 is 1.35. The van der Waals surface area contributed by atoms with Gasteiger partial charge in [0.05, 0.1) is 24.4 Å². The molecular formula is C19H18N2O3S. The molecule has 0 amide bonds. The molecule has 3 aromatic rings. The number of anilines is 2. The maximum Gasteiger partial charge on any atom is 0.308 e. The van der Waals surface area contributed by atoms with Crippen LogP contribution in [0.2, 0.25) is 0 Å². The van der Waals surface area contributed by atoms with Crippen LogP contribution in [0, 0.1) is 0 Å². The lowest BCUT2D eigenvalue weighted by atomic mass is 10.1. The lowest BCUT2D eigenvalue weighted by Crippen LogP contribution is -1.99. The van der Waals surface area contributed by atoms with Crippen LogP contribution in [0.4, 0.5) is 10.8 Å². The molecular weight excluding hydrogens is 336 g/mol. The molecule has 1 heterocycles. The van der Waals surface area contributed by atoms with E-state index in [1.54, 1.807) is 0 Å². The summed E-state index contributed by atoms with van der Waals surface area (Å²) < 4.78 is 5.62. The number of aliphatic carboxylic acids is 1. The lowest BCUT2D eigenvalue weighted by molar-refractivity contribution is -0.136. The fraction of sp³-hybridized carbons (Fsp3) is 0.158. The summed E-state index contributed by atoms with van der Waals surface area (Å²) in [6.07, 6.45) is -0.0588.